The molecule has 1 heterocycles. The average molecular weight is 657 g/mol. The SMILES string of the molecule is CCCCC/C=C\CCCC(CCC/C=C\CCCCC)C(CCC/C=C\CCCCC)OC(=O)CCCCN1CCN(CC)CC1. The van der Waals surface area contributed by atoms with Gasteiger partial charge in [-0.15, -0.1) is 0 Å². The zero-order valence-electron chi connectivity index (χ0n) is 32.0. The van der Waals surface area contributed by atoms with E-state index in [-0.39, 0.29) is 12.1 Å². The number of ether oxygens (including phenoxy) is 1. The van der Waals surface area contributed by atoms with E-state index in [1.54, 1.807) is 0 Å². The fourth-order valence-corrected chi connectivity index (χ4v) is 6.74. The van der Waals surface area contributed by atoms with Crippen molar-refractivity contribution in [1.82, 2.24) is 9.80 Å². The van der Waals surface area contributed by atoms with Crippen LogP contribution in [-0.4, -0.2) is 61.1 Å². The first-order chi connectivity index (χ1) is 23.1. The standard InChI is InChI=1S/C43H80N2O2/c1-5-9-12-15-18-21-24-27-32-41(33-28-25-22-19-16-13-10-6-2)42(34-29-26-23-20-17-14-11-7-3)47-43(46)35-30-31-36-45-39-37-44(8-4)38-40-45/h18-23,41-42H,5-17,24-40H2,1-4H3/b21-18-,22-19-,23-20-. The lowest BCUT2D eigenvalue weighted by Crippen LogP contribution is -2.46. The van der Waals surface area contributed by atoms with Gasteiger partial charge in [-0.05, 0) is 128 Å². The summed E-state index contributed by atoms with van der Waals surface area (Å²) in [5.41, 5.74) is 0. The molecule has 0 aliphatic carbocycles. The molecule has 1 rings (SSSR count). The van der Waals surface area contributed by atoms with E-state index in [1.807, 2.05) is 0 Å². The van der Waals surface area contributed by atoms with Gasteiger partial charge < -0.3 is 14.5 Å². The number of hydrogen-bond donors (Lipinski definition) is 0. The third kappa shape index (κ3) is 26.2. The molecule has 47 heavy (non-hydrogen) atoms. The van der Waals surface area contributed by atoms with Gasteiger partial charge in [0.05, 0.1) is 0 Å². The number of allylic oxidation sites excluding steroid dienone is 6. The fraction of sp³-hybridized carbons (Fsp3) is 0.837. The number of carbonyl (C=O) groups is 1. The van der Waals surface area contributed by atoms with Crippen LogP contribution in [0.5, 0.6) is 0 Å². The van der Waals surface area contributed by atoms with E-state index >= 15 is 0 Å². The van der Waals surface area contributed by atoms with E-state index < -0.39 is 0 Å². The Morgan fingerprint density at radius 2 is 0.957 bits per heavy atom. The van der Waals surface area contributed by atoms with Gasteiger partial charge in [0, 0.05) is 32.6 Å². The third-order valence-corrected chi connectivity index (χ3v) is 10.00. The van der Waals surface area contributed by atoms with Crippen LogP contribution in [0.15, 0.2) is 36.5 Å². The molecule has 1 atom stereocenters. The van der Waals surface area contributed by atoms with E-state index in [4.69, 9.17) is 4.74 Å². The molecule has 4 nitrogen and oxygen atoms in total. The summed E-state index contributed by atoms with van der Waals surface area (Å²) >= 11 is 0. The topological polar surface area (TPSA) is 32.8 Å². The molecule has 0 aromatic carbocycles. The number of esters is 1. The molecular formula is C43H80N2O2. The molecule has 274 valence electrons. The zero-order valence-corrected chi connectivity index (χ0v) is 32.0. The summed E-state index contributed by atoms with van der Waals surface area (Å²) in [6.45, 7) is 16.0. The van der Waals surface area contributed by atoms with Gasteiger partial charge in [0.25, 0.3) is 0 Å². The zero-order chi connectivity index (χ0) is 34.0. The Morgan fingerprint density at radius 1 is 0.532 bits per heavy atom. The van der Waals surface area contributed by atoms with Gasteiger partial charge in [-0.1, -0.05) is 103 Å². The molecule has 0 saturated carbocycles. The van der Waals surface area contributed by atoms with Crippen LogP contribution in [0.2, 0.25) is 0 Å². The van der Waals surface area contributed by atoms with Crippen molar-refractivity contribution in [3.05, 3.63) is 36.5 Å². The summed E-state index contributed by atoms with van der Waals surface area (Å²) in [5.74, 6) is 0.502. The van der Waals surface area contributed by atoms with E-state index in [2.05, 4.69) is 74.0 Å². The van der Waals surface area contributed by atoms with Crippen LogP contribution in [-0.2, 0) is 9.53 Å². The third-order valence-electron chi connectivity index (χ3n) is 10.00. The monoisotopic (exact) mass is 657 g/mol. The molecule has 0 spiro atoms. The number of nitrogens with zero attached hydrogens (tertiary/aromatic N) is 2. The summed E-state index contributed by atoms with van der Waals surface area (Å²) in [6.07, 6.45) is 42.5. The predicted octanol–water partition coefficient (Wildman–Crippen LogP) is 12.2. The van der Waals surface area contributed by atoms with Crippen LogP contribution in [0.1, 0.15) is 182 Å². The van der Waals surface area contributed by atoms with Crippen LogP contribution in [0.25, 0.3) is 0 Å². The van der Waals surface area contributed by atoms with Gasteiger partial charge in [-0.2, -0.15) is 0 Å². The Labute approximate surface area is 294 Å². The number of likely N-dealkylation sites (N-methyl/N-ethyl adjacent to an activating group) is 1. The maximum absolute atomic E-state index is 13.3. The molecule has 0 radical (unpaired) electrons. The molecule has 1 fully saturated rings. The minimum atomic E-state index is 0.0394. The van der Waals surface area contributed by atoms with Crippen LogP contribution in [0.4, 0.5) is 0 Å². The summed E-state index contributed by atoms with van der Waals surface area (Å²) in [4.78, 5) is 18.4. The average Bonchev–Trinajstić information content (AvgIpc) is 3.09. The van der Waals surface area contributed by atoms with Crippen molar-refractivity contribution in [3.63, 3.8) is 0 Å². The minimum absolute atomic E-state index is 0.0394. The van der Waals surface area contributed by atoms with Crippen molar-refractivity contribution in [1.29, 1.82) is 0 Å². The number of piperazine rings is 1. The van der Waals surface area contributed by atoms with E-state index in [9.17, 15) is 4.79 Å². The maximum Gasteiger partial charge on any atom is 0.306 e. The number of carbonyl (C=O) groups excluding carboxylic acids is 1. The maximum atomic E-state index is 13.3. The molecule has 1 aliphatic heterocycles. The number of hydrogen-bond acceptors (Lipinski definition) is 4. The molecule has 1 unspecified atom stereocenters. The molecule has 1 aliphatic rings. The van der Waals surface area contributed by atoms with Gasteiger partial charge in [-0.3, -0.25) is 4.79 Å². The van der Waals surface area contributed by atoms with Crippen LogP contribution in [0, 0.1) is 5.92 Å². The Hall–Kier alpha value is -1.39. The molecule has 1 saturated heterocycles. The second kappa shape index (κ2) is 33.1. The first-order valence-electron chi connectivity index (χ1n) is 20.7. The van der Waals surface area contributed by atoms with Crippen LogP contribution < -0.4 is 0 Å². The van der Waals surface area contributed by atoms with E-state index in [1.165, 1.54) is 103 Å². The van der Waals surface area contributed by atoms with Gasteiger partial charge in [0.2, 0.25) is 0 Å². The molecule has 0 amide bonds. The lowest BCUT2D eigenvalue weighted by Gasteiger charge is -2.34. The lowest BCUT2D eigenvalue weighted by atomic mass is 9.87. The van der Waals surface area contributed by atoms with Crippen LogP contribution >= 0.6 is 0 Å². The lowest BCUT2D eigenvalue weighted by molar-refractivity contribution is -0.153. The Balaban J connectivity index is 2.72. The minimum Gasteiger partial charge on any atom is -0.462 e. The molecule has 0 aromatic rings. The molecular weight excluding hydrogens is 576 g/mol. The Kier molecular flexibility index (Phi) is 30.7. The van der Waals surface area contributed by atoms with Crippen molar-refractivity contribution in [2.45, 2.75) is 188 Å². The first kappa shape index (κ1) is 43.6. The highest BCUT2D eigenvalue weighted by atomic mass is 16.5. The summed E-state index contributed by atoms with van der Waals surface area (Å²) in [7, 11) is 0. The van der Waals surface area contributed by atoms with Crippen molar-refractivity contribution < 1.29 is 9.53 Å². The van der Waals surface area contributed by atoms with Crippen molar-refractivity contribution in [2.75, 3.05) is 39.3 Å². The largest absolute Gasteiger partial charge is 0.462 e. The molecule has 0 aromatic heterocycles. The quantitative estimate of drug-likeness (QED) is 0.0410. The fourth-order valence-electron chi connectivity index (χ4n) is 6.74. The molecule has 0 N–H and O–H groups in total. The first-order valence-corrected chi connectivity index (χ1v) is 20.7. The van der Waals surface area contributed by atoms with Gasteiger partial charge in [0.15, 0.2) is 0 Å². The predicted molar refractivity (Wildman–Crippen MR) is 207 cm³/mol. The second-order valence-corrected chi connectivity index (χ2v) is 14.2. The highest BCUT2D eigenvalue weighted by Crippen LogP contribution is 2.27. The highest BCUT2D eigenvalue weighted by molar-refractivity contribution is 5.69. The molecule has 4 heteroatoms. The summed E-state index contributed by atoms with van der Waals surface area (Å²) < 4.78 is 6.42. The van der Waals surface area contributed by atoms with Crippen molar-refractivity contribution >= 4 is 5.97 Å². The highest BCUT2D eigenvalue weighted by Gasteiger charge is 2.24. The Bertz CT molecular complexity index is 742. The number of rotatable bonds is 32. The van der Waals surface area contributed by atoms with E-state index in [0.29, 0.717) is 12.3 Å². The molecule has 0 bridgehead atoms. The van der Waals surface area contributed by atoms with Gasteiger partial charge >= 0.3 is 5.97 Å². The number of unbranched alkanes of at least 4 members (excludes halogenated alkanes) is 13. The van der Waals surface area contributed by atoms with Crippen molar-refractivity contribution in [3.8, 4) is 0 Å². The van der Waals surface area contributed by atoms with Gasteiger partial charge in [-0.25, -0.2) is 0 Å². The summed E-state index contributed by atoms with van der Waals surface area (Å²) in [5, 5.41) is 0. The van der Waals surface area contributed by atoms with E-state index in [0.717, 1.165) is 84.0 Å². The van der Waals surface area contributed by atoms with Crippen LogP contribution in [0.3, 0.4) is 0 Å². The Morgan fingerprint density at radius 3 is 1.40 bits per heavy atom. The van der Waals surface area contributed by atoms with Crippen molar-refractivity contribution in [2.24, 2.45) is 5.92 Å². The second-order valence-electron chi connectivity index (χ2n) is 14.2. The van der Waals surface area contributed by atoms with Gasteiger partial charge in [0.1, 0.15) is 6.10 Å². The smallest absolute Gasteiger partial charge is 0.306 e. The summed E-state index contributed by atoms with van der Waals surface area (Å²) in [6, 6.07) is 0. The normalized spacial score (nSPS) is 15.6.